The monoisotopic (exact) mass is 845 g/mol. The number of esters is 3. The highest BCUT2D eigenvalue weighted by Gasteiger charge is 2.19. The first-order valence-corrected chi connectivity index (χ1v) is 26.3. The third-order valence-electron chi connectivity index (χ3n) is 11.7. The molecule has 0 amide bonds. The Morgan fingerprint density at radius 3 is 0.967 bits per heavy atom. The van der Waals surface area contributed by atoms with Gasteiger partial charge in [-0.3, -0.25) is 14.4 Å². The normalized spacial score (nSPS) is 12.1. The van der Waals surface area contributed by atoms with Crippen LogP contribution in [-0.2, 0) is 28.6 Å². The van der Waals surface area contributed by atoms with Crippen LogP contribution in [0.3, 0.4) is 0 Å². The van der Waals surface area contributed by atoms with E-state index in [0.717, 1.165) is 83.5 Å². The molecule has 0 aromatic heterocycles. The van der Waals surface area contributed by atoms with Gasteiger partial charge in [-0.2, -0.15) is 0 Å². The maximum Gasteiger partial charge on any atom is 0.306 e. The van der Waals surface area contributed by atoms with E-state index in [9.17, 15) is 14.4 Å². The maximum atomic E-state index is 12.8. The number of hydrogen-bond donors (Lipinski definition) is 0. The van der Waals surface area contributed by atoms with E-state index in [1.165, 1.54) is 161 Å². The van der Waals surface area contributed by atoms with Crippen LogP contribution < -0.4 is 0 Å². The molecule has 60 heavy (non-hydrogen) atoms. The fraction of sp³-hybridized carbons (Fsp3) is 0.870. The summed E-state index contributed by atoms with van der Waals surface area (Å²) in [7, 11) is 0. The highest BCUT2D eigenvalue weighted by Crippen LogP contribution is 2.16. The Labute approximate surface area is 373 Å². The lowest BCUT2D eigenvalue weighted by atomic mass is 10.0. The van der Waals surface area contributed by atoms with E-state index >= 15 is 0 Å². The van der Waals surface area contributed by atoms with E-state index in [1.54, 1.807) is 0 Å². The maximum absolute atomic E-state index is 12.8. The lowest BCUT2D eigenvalue weighted by Gasteiger charge is -2.18. The summed E-state index contributed by atoms with van der Waals surface area (Å²) in [6.45, 7) is 6.62. The third-order valence-corrected chi connectivity index (χ3v) is 11.7. The predicted molar refractivity (Wildman–Crippen MR) is 256 cm³/mol. The van der Waals surface area contributed by atoms with Crippen molar-refractivity contribution in [3.05, 3.63) is 24.3 Å². The molecule has 0 aliphatic rings. The van der Waals surface area contributed by atoms with Gasteiger partial charge >= 0.3 is 17.9 Å². The molecule has 352 valence electrons. The van der Waals surface area contributed by atoms with Crippen LogP contribution in [-0.4, -0.2) is 37.2 Å². The first-order valence-electron chi connectivity index (χ1n) is 26.3. The first kappa shape index (κ1) is 57.9. The van der Waals surface area contributed by atoms with Crippen molar-refractivity contribution in [1.82, 2.24) is 0 Å². The van der Waals surface area contributed by atoms with E-state index in [-0.39, 0.29) is 31.1 Å². The number of hydrogen-bond acceptors (Lipinski definition) is 6. The summed E-state index contributed by atoms with van der Waals surface area (Å²) in [5, 5.41) is 0. The van der Waals surface area contributed by atoms with Crippen LogP contribution in [0.15, 0.2) is 24.3 Å². The second-order valence-corrected chi connectivity index (χ2v) is 17.8. The van der Waals surface area contributed by atoms with Crippen molar-refractivity contribution in [3.63, 3.8) is 0 Å². The van der Waals surface area contributed by atoms with Crippen LogP contribution in [0, 0.1) is 0 Å². The Balaban J connectivity index is 4.35. The minimum atomic E-state index is -0.772. The van der Waals surface area contributed by atoms with Crippen LogP contribution in [0.5, 0.6) is 0 Å². The van der Waals surface area contributed by atoms with E-state index in [1.807, 2.05) is 0 Å². The molecular formula is C54H100O6. The number of rotatable bonds is 48. The molecule has 0 aliphatic heterocycles. The lowest BCUT2D eigenvalue weighted by molar-refractivity contribution is -0.167. The number of ether oxygens (including phenoxy) is 3. The molecule has 0 fully saturated rings. The summed E-state index contributed by atoms with van der Waals surface area (Å²) in [6, 6.07) is 0. The second kappa shape index (κ2) is 49.5. The molecule has 1 atom stereocenters. The zero-order valence-electron chi connectivity index (χ0n) is 40.2. The third kappa shape index (κ3) is 46.9. The summed E-state index contributed by atoms with van der Waals surface area (Å²) in [5.74, 6) is -0.871. The number of allylic oxidation sites excluding steroid dienone is 4. The summed E-state index contributed by atoms with van der Waals surface area (Å²) in [6.07, 6.45) is 55.8. The van der Waals surface area contributed by atoms with Crippen molar-refractivity contribution >= 4 is 17.9 Å². The topological polar surface area (TPSA) is 78.9 Å². The fourth-order valence-electron chi connectivity index (χ4n) is 7.70. The molecule has 0 rings (SSSR count). The summed E-state index contributed by atoms with van der Waals surface area (Å²) >= 11 is 0. The van der Waals surface area contributed by atoms with Gasteiger partial charge in [0.25, 0.3) is 0 Å². The molecule has 0 radical (unpaired) electrons. The standard InChI is InChI=1S/C54H100O6/c1-4-7-10-13-16-19-22-25-27-30-32-35-38-41-44-47-53(56)59-50-51(49-58-52(55)46-43-40-37-34-31-28-24-21-18-15-12-9-6-3)60-54(57)48-45-42-39-36-33-29-26-23-20-17-14-11-8-5-2/h14,17,23,26,51H,4-13,15-16,18-22,24-25,27-50H2,1-3H3/b17-14-,26-23-/t51-/m1/s1. The smallest absolute Gasteiger partial charge is 0.306 e. The zero-order valence-corrected chi connectivity index (χ0v) is 40.2. The Hall–Kier alpha value is -2.11. The lowest BCUT2D eigenvalue weighted by Crippen LogP contribution is -2.30. The van der Waals surface area contributed by atoms with Gasteiger partial charge in [0.1, 0.15) is 13.2 Å². The molecule has 0 aromatic rings. The molecule has 0 spiro atoms. The Morgan fingerprint density at radius 2 is 0.617 bits per heavy atom. The number of carbonyl (C=O) groups excluding carboxylic acids is 3. The molecule has 0 saturated carbocycles. The Bertz CT molecular complexity index is 973. The first-order chi connectivity index (χ1) is 29.5. The van der Waals surface area contributed by atoms with Gasteiger partial charge in [0.2, 0.25) is 0 Å². The van der Waals surface area contributed by atoms with Crippen LogP contribution in [0.2, 0.25) is 0 Å². The fourth-order valence-corrected chi connectivity index (χ4v) is 7.70. The molecular weight excluding hydrogens is 745 g/mol. The number of unbranched alkanes of at least 4 members (excludes halogenated alkanes) is 33. The molecule has 0 bridgehead atoms. The van der Waals surface area contributed by atoms with Gasteiger partial charge in [0, 0.05) is 19.3 Å². The van der Waals surface area contributed by atoms with Gasteiger partial charge in [-0.15, -0.1) is 0 Å². The van der Waals surface area contributed by atoms with Crippen LogP contribution in [0.1, 0.15) is 284 Å². The molecule has 6 heteroatoms. The summed E-state index contributed by atoms with van der Waals surface area (Å²) in [5.41, 5.74) is 0. The molecule has 0 N–H and O–H groups in total. The highest BCUT2D eigenvalue weighted by molar-refractivity contribution is 5.71. The minimum Gasteiger partial charge on any atom is -0.462 e. The van der Waals surface area contributed by atoms with Gasteiger partial charge in [0.05, 0.1) is 0 Å². The van der Waals surface area contributed by atoms with E-state index in [2.05, 4.69) is 45.1 Å². The average Bonchev–Trinajstić information content (AvgIpc) is 3.24. The molecule has 0 heterocycles. The zero-order chi connectivity index (χ0) is 43.7. The highest BCUT2D eigenvalue weighted by atomic mass is 16.6. The Morgan fingerprint density at radius 1 is 0.333 bits per heavy atom. The van der Waals surface area contributed by atoms with E-state index in [0.29, 0.717) is 19.3 Å². The number of carbonyl (C=O) groups is 3. The van der Waals surface area contributed by atoms with Crippen molar-refractivity contribution < 1.29 is 28.6 Å². The second-order valence-electron chi connectivity index (χ2n) is 17.8. The summed E-state index contributed by atoms with van der Waals surface area (Å²) in [4.78, 5) is 38.0. The van der Waals surface area contributed by atoms with Crippen molar-refractivity contribution in [3.8, 4) is 0 Å². The molecule has 0 unspecified atom stereocenters. The van der Waals surface area contributed by atoms with Gasteiger partial charge in [0.15, 0.2) is 6.10 Å². The van der Waals surface area contributed by atoms with Gasteiger partial charge in [-0.1, -0.05) is 244 Å². The van der Waals surface area contributed by atoms with E-state index < -0.39 is 6.10 Å². The van der Waals surface area contributed by atoms with E-state index in [4.69, 9.17) is 14.2 Å². The average molecular weight is 845 g/mol. The molecule has 0 aliphatic carbocycles. The van der Waals surface area contributed by atoms with Crippen molar-refractivity contribution in [2.45, 2.75) is 290 Å². The quantitative estimate of drug-likeness (QED) is 0.0263. The SMILES string of the molecule is CCCC/C=C\C/C=C\CCCCCCCC(=O)O[C@H](COC(=O)CCCCCCCCCCCCCCC)COC(=O)CCCCCCCCCCCCCCCCC. The minimum absolute atomic E-state index is 0.0720. The molecule has 0 saturated heterocycles. The largest absolute Gasteiger partial charge is 0.462 e. The molecule has 0 aromatic carbocycles. The van der Waals surface area contributed by atoms with Crippen molar-refractivity contribution in [2.24, 2.45) is 0 Å². The van der Waals surface area contributed by atoms with Crippen molar-refractivity contribution in [1.29, 1.82) is 0 Å². The van der Waals surface area contributed by atoms with Gasteiger partial charge in [-0.25, -0.2) is 0 Å². The van der Waals surface area contributed by atoms with Crippen LogP contribution >= 0.6 is 0 Å². The van der Waals surface area contributed by atoms with Crippen LogP contribution in [0.4, 0.5) is 0 Å². The van der Waals surface area contributed by atoms with Gasteiger partial charge < -0.3 is 14.2 Å². The molecule has 6 nitrogen and oxygen atoms in total. The summed E-state index contributed by atoms with van der Waals surface area (Å²) < 4.78 is 16.8. The van der Waals surface area contributed by atoms with Crippen LogP contribution in [0.25, 0.3) is 0 Å². The van der Waals surface area contributed by atoms with Crippen molar-refractivity contribution in [2.75, 3.05) is 13.2 Å². The predicted octanol–water partition coefficient (Wildman–Crippen LogP) is 17.2. The van der Waals surface area contributed by atoms with Gasteiger partial charge in [-0.05, 0) is 44.9 Å². The Kier molecular flexibility index (Phi) is 47.8.